The fraction of sp³-hybridized carbons (Fsp3) is 0.292. The molecule has 9 nitrogen and oxygen atoms in total. The number of hydrogen-bond donors (Lipinski definition) is 1. The van der Waals surface area contributed by atoms with E-state index in [0.29, 0.717) is 16.5 Å². The maximum absolute atomic E-state index is 13.4. The number of aromatic nitrogens is 4. The van der Waals surface area contributed by atoms with Crippen LogP contribution in [0.2, 0.25) is 5.02 Å². The Morgan fingerprint density at radius 2 is 1.69 bits per heavy atom. The number of fused-ring (bicyclic) bond motifs is 1. The summed E-state index contributed by atoms with van der Waals surface area (Å²) in [5, 5.41) is 9.81. The van der Waals surface area contributed by atoms with Crippen LogP contribution in [0.25, 0.3) is 11.2 Å². The number of alkyl halides is 1. The lowest BCUT2D eigenvalue weighted by atomic mass is 10.2. The molecule has 1 N–H and O–H groups in total. The van der Waals surface area contributed by atoms with E-state index >= 15 is 0 Å². The first kappa shape index (κ1) is 24.5. The van der Waals surface area contributed by atoms with E-state index in [9.17, 15) is 19.1 Å². The summed E-state index contributed by atoms with van der Waals surface area (Å²) in [6.07, 6.45) is 0.256. The lowest BCUT2D eigenvalue weighted by Gasteiger charge is -2.12. The van der Waals surface area contributed by atoms with Crippen LogP contribution in [0.5, 0.6) is 17.5 Å². The van der Waals surface area contributed by atoms with E-state index in [1.807, 2.05) is 12.1 Å². The van der Waals surface area contributed by atoms with Gasteiger partial charge in [0.15, 0.2) is 11.2 Å². The second kappa shape index (κ2) is 10.7. The second-order valence-electron chi connectivity index (χ2n) is 7.67. The van der Waals surface area contributed by atoms with Crippen molar-refractivity contribution in [3.05, 3.63) is 80.0 Å². The minimum Gasteiger partial charge on any atom is -0.463 e. The molecule has 0 aliphatic heterocycles. The van der Waals surface area contributed by atoms with Crippen molar-refractivity contribution in [1.82, 2.24) is 18.7 Å². The zero-order valence-electron chi connectivity index (χ0n) is 19.0. The molecule has 0 fully saturated rings. The highest BCUT2D eigenvalue weighted by molar-refractivity contribution is 6.30. The van der Waals surface area contributed by atoms with Gasteiger partial charge in [-0.05, 0) is 55.3 Å². The summed E-state index contributed by atoms with van der Waals surface area (Å²) < 4.78 is 27.4. The summed E-state index contributed by atoms with van der Waals surface area (Å²) >= 11 is 6.02. The van der Waals surface area contributed by atoms with Crippen LogP contribution in [0.15, 0.2) is 58.1 Å². The highest BCUT2D eigenvalue weighted by Crippen LogP contribution is 2.27. The van der Waals surface area contributed by atoms with E-state index in [0.717, 1.165) is 10.1 Å². The van der Waals surface area contributed by atoms with E-state index in [1.165, 1.54) is 4.57 Å². The number of rotatable bonds is 10. The van der Waals surface area contributed by atoms with E-state index in [1.54, 1.807) is 47.9 Å². The molecule has 0 unspecified atom stereocenters. The average molecular weight is 503 g/mol. The largest absolute Gasteiger partial charge is 0.463 e. The Labute approximate surface area is 204 Å². The first-order valence-corrected chi connectivity index (χ1v) is 11.4. The second-order valence-corrected chi connectivity index (χ2v) is 8.10. The summed E-state index contributed by atoms with van der Waals surface area (Å²) in [5.41, 5.74) is 0.205. The summed E-state index contributed by atoms with van der Waals surface area (Å²) in [5.74, 6) is 0.719. The van der Waals surface area contributed by atoms with Crippen molar-refractivity contribution in [3.8, 4) is 17.5 Å². The molecule has 0 aliphatic carbocycles. The number of aliphatic hydroxyl groups excluding tert-OH is 1. The van der Waals surface area contributed by atoms with Crippen LogP contribution in [-0.2, 0) is 19.6 Å². The SMILES string of the molecule is CCn1c(=O)n(CCCO)c(=O)c2c1nc(Oc1ccc(OCF)cc1)n2Cc1ccc(Cl)cc1. The molecule has 0 spiro atoms. The van der Waals surface area contributed by atoms with Crippen LogP contribution in [0.3, 0.4) is 0 Å². The predicted octanol–water partition coefficient (Wildman–Crippen LogP) is 3.56. The quantitative estimate of drug-likeness (QED) is 0.356. The zero-order chi connectivity index (χ0) is 24.9. The Hall–Kier alpha value is -3.63. The Morgan fingerprint density at radius 3 is 2.31 bits per heavy atom. The maximum Gasteiger partial charge on any atom is 0.332 e. The minimum absolute atomic E-state index is 0.0719. The van der Waals surface area contributed by atoms with Crippen LogP contribution >= 0.6 is 11.6 Å². The molecule has 0 saturated heterocycles. The van der Waals surface area contributed by atoms with Gasteiger partial charge in [-0.15, -0.1) is 0 Å². The van der Waals surface area contributed by atoms with Crippen LogP contribution in [-0.4, -0.2) is 37.3 Å². The van der Waals surface area contributed by atoms with E-state index < -0.39 is 18.1 Å². The number of ether oxygens (including phenoxy) is 2. The fourth-order valence-corrected chi connectivity index (χ4v) is 3.88. The monoisotopic (exact) mass is 502 g/mol. The first-order valence-electron chi connectivity index (χ1n) is 11.0. The lowest BCUT2D eigenvalue weighted by molar-refractivity contribution is 0.191. The number of nitrogens with zero attached hydrogens (tertiary/aromatic N) is 4. The smallest absolute Gasteiger partial charge is 0.332 e. The van der Waals surface area contributed by atoms with Crippen LogP contribution in [0.4, 0.5) is 4.39 Å². The molecular weight excluding hydrogens is 479 g/mol. The average Bonchev–Trinajstić information content (AvgIpc) is 3.19. The molecule has 0 radical (unpaired) electrons. The molecule has 35 heavy (non-hydrogen) atoms. The van der Waals surface area contributed by atoms with Crippen LogP contribution in [0, 0.1) is 0 Å². The maximum atomic E-state index is 13.4. The van der Waals surface area contributed by atoms with Crippen molar-refractivity contribution in [1.29, 1.82) is 0 Å². The zero-order valence-corrected chi connectivity index (χ0v) is 19.7. The molecule has 2 aromatic carbocycles. The molecule has 4 rings (SSSR count). The van der Waals surface area contributed by atoms with Crippen LogP contribution < -0.4 is 20.7 Å². The van der Waals surface area contributed by atoms with Gasteiger partial charge in [0.1, 0.15) is 11.5 Å². The lowest BCUT2D eigenvalue weighted by Crippen LogP contribution is -2.40. The number of benzene rings is 2. The van der Waals surface area contributed by atoms with Gasteiger partial charge in [0, 0.05) is 24.7 Å². The minimum atomic E-state index is -0.950. The Kier molecular flexibility index (Phi) is 7.52. The van der Waals surface area contributed by atoms with Crippen molar-refractivity contribution < 1.29 is 19.0 Å². The number of aryl methyl sites for hydroxylation is 1. The molecule has 0 atom stereocenters. The fourth-order valence-electron chi connectivity index (χ4n) is 3.75. The predicted molar refractivity (Wildman–Crippen MR) is 129 cm³/mol. The molecule has 4 aromatic rings. The van der Waals surface area contributed by atoms with E-state index in [4.69, 9.17) is 21.1 Å². The summed E-state index contributed by atoms with van der Waals surface area (Å²) in [6.45, 7) is 1.25. The number of halogens is 2. The Morgan fingerprint density at radius 1 is 1.00 bits per heavy atom. The van der Waals surface area contributed by atoms with Gasteiger partial charge in [-0.1, -0.05) is 23.7 Å². The molecule has 0 saturated carbocycles. The van der Waals surface area contributed by atoms with Crippen molar-refractivity contribution >= 4 is 22.8 Å². The molecule has 2 aromatic heterocycles. The Balaban J connectivity index is 1.89. The standard InChI is InChI=1S/C24H24ClFN4O5/c1-2-28-21-20(22(32)29(24(28)33)12-3-13-31)30(14-16-4-6-17(25)7-5-16)23(27-21)35-19-10-8-18(9-11-19)34-15-26/h4-11,31H,2-3,12-15H2,1H3. The first-order chi connectivity index (χ1) is 17.0. The third kappa shape index (κ3) is 5.08. The van der Waals surface area contributed by atoms with Gasteiger partial charge >= 0.3 is 11.7 Å². The van der Waals surface area contributed by atoms with E-state index in [2.05, 4.69) is 4.98 Å². The van der Waals surface area contributed by atoms with Gasteiger partial charge in [-0.3, -0.25) is 18.5 Å². The Bertz CT molecular complexity index is 1430. The van der Waals surface area contributed by atoms with Gasteiger partial charge in [-0.25, -0.2) is 9.18 Å². The normalized spacial score (nSPS) is 11.2. The van der Waals surface area contributed by atoms with Crippen molar-refractivity contribution in [2.45, 2.75) is 33.0 Å². The van der Waals surface area contributed by atoms with Gasteiger partial charge in [0.25, 0.3) is 5.56 Å². The van der Waals surface area contributed by atoms with Gasteiger partial charge in [0.05, 0.1) is 6.54 Å². The molecule has 184 valence electrons. The summed E-state index contributed by atoms with van der Waals surface area (Å²) in [6, 6.07) is 13.5. The third-order valence-electron chi connectivity index (χ3n) is 5.44. The third-order valence-corrected chi connectivity index (χ3v) is 5.70. The van der Waals surface area contributed by atoms with E-state index in [-0.39, 0.29) is 49.8 Å². The molecule has 2 heterocycles. The molecular formula is C24H24ClFN4O5. The summed E-state index contributed by atoms with van der Waals surface area (Å²) in [7, 11) is 0. The van der Waals surface area contributed by atoms with Crippen LogP contribution in [0.1, 0.15) is 18.9 Å². The molecule has 11 heteroatoms. The van der Waals surface area contributed by atoms with Crippen molar-refractivity contribution in [2.75, 3.05) is 13.5 Å². The number of imidazole rings is 1. The van der Waals surface area contributed by atoms with Gasteiger partial charge in [0.2, 0.25) is 6.86 Å². The van der Waals surface area contributed by atoms with Crippen molar-refractivity contribution in [3.63, 3.8) is 0 Å². The van der Waals surface area contributed by atoms with Crippen molar-refractivity contribution in [2.24, 2.45) is 0 Å². The number of hydrogen-bond acceptors (Lipinski definition) is 6. The molecule has 0 amide bonds. The summed E-state index contributed by atoms with van der Waals surface area (Å²) in [4.78, 5) is 31.0. The highest BCUT2D eigenvalue weighted by Gasteiger charge is 2.22. The van der Waals surface area contributed by atoms with Gasteiger partial charge in [-0.2, -0.15) is 4.98 Å². The molecule has 0 bridgehead atoms. The highest BCUT2D eigenvalue weighted by atomic mass is 35.5. The molecule has 0 aliphatic rings. The topological polar surface area (TPSA) is 101 Å². The van der Waals surface area contributed by atoms with Gasteiger partial charge < -0.3 is 14.6 Å². The number of aliphatic hydroxyl groups is 1.